The summed E-state index contributed by atoms with van der Waals surface area (Å²) in [5.74, 6) is -2.45. The Morgan fingerprint density at radius 1 is 1.38 bits per heavy atom. The van der Waals surface area contributed by atoms with Crippen LogP contribution in [0.4, 0.5) is 8.78 Å². The topological polar surface area (TPSA) is 46.2 Å². The summed E-state index contributed by atoms with van der Waals surface area (Å²) < 4.78 is 25.3. The van der Waals surface area contributed by atoms with Crippen molar-refractivity contribution >= 4 is 0 Å². The number of hydrogen-bond donors (Lipinski definition) is 2. The Labute approximate surface area is 75.0 Å². The molecular formula is C9H11F2NO. The van der Waals surface area contributed by atoms with Crippen LogP contribution in [0, 0.1) is 11.6 Å². The van der Waals surface area contributed by atoms with E-state index in [-0.39, 0.29) is 18.2 Å². The van der Waals surface area contributed by atoms with E-state index in [9.17, 15) is 13.9 Å². The van der Waals surface area contributed by atoms with E-state index in [0.717, 1.165) is 12.1 Å². The predicted molar refractivity (Wildman–Crippen MR) is 45.5 cm³/mol. The van der Waals surface area contributed by atoms with Gasteiger partial charge >= 0.3 is 0 Å². The fourth-order valence-corrected chi connectivity index (χ4v) is 1.07. The Kier molecular flexibility index (Phi) is 2.83. The molecule has 1 atom stereocenters. The summed E-state index contributed by atoms with van der Waals surface area (Å²) >= 11 is 0. The van der Waals surface area contributed by atoms with Crippen molar-refractivity contribution in [3.05, 3.63) is 29.3 Å². The van der Waals surface area contributed by atoms with Crippen molar-refractivity contribution in [2.45, 2.75) is 12.8 Å². The maximum atomic E-state index is 12.7. The molecule has 2 nitrogen and oxygen atoms in total. The average Bonchev–Trinajstić information content (AvgIpc) is 2.10. The molecule has 1 aromatic rings. The average molecular weight is 187 g/mol. The zero-order valence-corrected chi connectivity index (χ0v) is 7.22. The van der Waals surface area contributed by atoms with Crippen LogP contribution in [-0.4, -0.2) is 11.7 Å². The Bertz CT molecular complexity index is 315. The van der Waals surface area contributed by atoms with Gasteiger partial charge in [0.15, 0.2) is 11.6 Å². The minimum absolute atomic E-state index is 0.185. The van der Waals surface area contributed by atoms with E-state index in [1.165, 1.54) is 0 Å². The van der Waals surface area contributed by atoms with Gasteiger partial charge in [0.1, 0.15) is 5.75 Å². The van der Waals surface area contributed by atoms with Crippen molar-refractivity contribution < 1.29 is 13.9 Å². The molecule has 4 heteroatoms. The van der Waals surface area contributed by atoms with E-state index < -0.39 is 11.6 Å². The van der Waals surface area contributed by atoms with Crippen molar-refractivity contribution in [1.82, 2.24) is 0 Å². The Morgan fingerprint density at radius 2 is 1.92 bits per heavy atom. The van der Waals surface area contributed by atoms with Crippen LogP contribution in [0.1, 0.15) is 18.4 Å². The highest BCUT2D eigenvalue weighted by molar-refractivity contribution is 5.36. The highest BCUT2D eigenvalue weighted by Crippen LogP contribution is 2.27. The molecule has 0 aliphatic rings. The smallest absolute Gasteiger partial charge is 0.162 e. The molecule has 0 bridgehead atoms. The van der Waals surface area contributed by atoms with Gasteiger partial charge in [0.2, 0.25) is 0 Å². The molecule has 1 rings (SSSR count). The summed E-state index contributed by atoms with van der Waals surface area (Å²) in [6.45, 7) is 2.00. The van der Waals surface area contributed by atoms with E-state index >= 15 is 0 Å². The number of hydrogen-bond acceptors (Lipinski definition) is 2. The largest absolute Gasteiger partial charge is 0.508 e. The number of rotatable bonds is 2. The molecule has 0 radical (unpaired) electrons. The molecule has 0 heterocycles. The molecule has 0 aliphatic carbocycles. The Balaban J connectivity index is 3.15. The number of aromatic hydroxyl groups is 1. The van der Waals surface area contributed by atoms with Gasteiger partial charge in [0.05, 0.1) is 0 Å². The van der Waals surface area contributed by atoms with E-state index in [0.29, 0.717) is 5.56 Å². The normalized spacial score (nSPS) is 12.9. The van der Waals surface area contributed by atoms with Crippen molar-refractivity contribution in [3.8, 4) is 5.75 Å². The number of halogens is 2. The summed E-state index contributed by atoms with van der Waals surface area (Å²) in [4.78, 5) is 0. The molecule has 0 saturated heterocycles. The van der Waals surface area contributed by atoms with Gasteiger partial charge in [-0.1, -0.05) is 6.92 Å². The minimum Gasteiger partial charge on any atom is -0.508 e. The molecule has 0 saturated carbocycles. The van der Waals surface area contributed by atoms with Gasteiger partial charge in [-0.3, -0.25) is 0 Å². The fraction of sp³-hybridized carbons (Fsp3) is 0.333. The molecule has 1 aromatic carbocycles. The molecule has 1 unspecified atom stereocenters. The highest BCUT2D eigenvalue weighted by atomic mass is 19.2. The molecule has 72 valence electrons. The van der Waals surface area contributed by atoms with Crippen LogP contribution < -0.4 is 5.73 Å². The van der Waals surface area contributed by atoms with Gasteiger partial charge in [0.25, 0.3) is 0 Å². The molecule has 0 amide bonds. The summed E-state index contributed by atoms with van der Waals surface area (Å²) in [5, 5.41) is 9.26. The quantitative estimate of drug-likeness (QED) is 0.740. The second kappa shape index (κ2) is 3.70. The second-order valence-corrected chi connectivity index (χ2v) is 2.96. The minimum atomic E-state index is -1.05. The lowest BCUT2D eigenvalue weighted by atomic mass is 10.0. The molecule has 0 aliphatic heterocycles. The van der Waals surface area contributed by atoms with Crippen LogP contribution in [0.5, 0.6) is 5.75 Å². The van der Waals surface area contributed by atoms with E-state index in [4.69, 9.17) is 5.73 Å². The number of phenols is 1. The molecule has 0 spiro atoms. The van der Waals surface area contributed by atoms with Crippen LogP contribution in [0.15, 0.2) is 12.1 Å². The van der Waals surface area contributed by atoms with Crippen molar-refractivity contribution in [1.29, 1.82) is 0 Å². The second-order valence-electron chi connectivity index (χ2n) is 2.96. The first-order chi connectivity index (χ1) is 6.06. The Morgan fingerprint density at radius 3 is 2.46 bits per heavy atom. The fourth-order valence-electron chi connectivity index (χ4n) is 1.07. The number of nitrogens with two attached hydrogens (primary N) is 1. The van der Waals surface area contributed by atoms with Gasteiger partial charge in [-0.05, 0) is 18.5 Å². The zero-order chi connectivity index (χ0) is 10.0. The zero-order valence-electron chi connectivity index (χ0n) is 7.22. The molecule has 13 heavy (non-hydrogen) atoms. The lowest BCUT2D eigenvalue weighted by Gasteiger charge is -2.10. The first kappa shape index (κ1) is 9.92. The maximum absolute atomic E-state index is 12.7. The van der Waals surface area contributed by atoms with Gasteiger partial charge in [-0.2, -0.15) is 0 Å². The van der Waals surface area contributed by atoms with Crippen molar-refractivity contribution in [3.63, 3.8) is 0 Å². The highest BCUT2D eigenvalue weighted by Gasteiger charge is 2.13. The van der Waals surface area contributed by atoms with E-state index in [1.54, 1.807) is 6.92 Å². The van der Waals surface area contributed by atoms with Gasteiger partial charge in [-0.25, -0.2) is 8.78 Å². The van der Waals surface area contributed by atoms with E-state index in [1.807, 2.05) is 0 Å². The lowest BCUT2D eigenvalue weighted by Crippen LogP contribution is -2.09. The van der Waals surface area contributed by atoms with Crippen LogP contribution in [-0.2, 0) is 0 Å². The number of benzene rings is 1. The summed E-state index contributed by atoms with van der Waals surface area (Å²) in [7, 11) is 0. The van der Waals surface area contributed by atoms with Crippen LogP contribution in [0.25, 0.3) is 0 Å². The van der Waals surface area contributed by atoms with Gasteiger partial charge in [0, 0.05) is 11.6 Å². The van der Waals surface area contributed by atoms with Crippen molar-refractivity contribution in [2.24, 2.45) is 5.73 Å². The monoisotopic (exact) mass is 187 g/mol. The Hall–Kier alpha value is -1.16. The first-order valence-electron chi connectivity index (χ1n) is 3.94. The predicted octanol–water partition coefficient (Wildman–Crippen LogP) is 1.73. The molecule has 0 fully saturated rings. The third kappa shape index (κ3) is 1.95. The molecule has 0 aromatic heterocycles. The standard InChI is InChI=1S/C9H11F2NO/c1-5(4-12)6-2-7(10)8(11)3-9(6)13/h2-3,5,13H,4,12H2,1H3. The third-order valence-electron chi connectivity index (χ3n) is 1.95. The first-order valence-corrected chi connectivity index (χ1v) is 3.94. The van der Waals surface area contributed by atoms with Gasteiger partial charge < -0.3 is 10.8 Å². The molecule has 3 N–H and O–H groups in total. The summed E-state index contributed by atoms with van der Waals surface area (Å²) in [6, 6.07) is 1.74. The van der Waals surface area contributed by atoms with E-state index in [2.05, 4.69) is 0 Å². The summed E-state index contributed by atoms with van der Waals surface area (Å²) in [5.41, 5.74) is 5.67. The maximum Gasteiger partial charge on any atom is 0.162 e. The third-order valence-corrected chi connectivity index (χ3v) is 1.95. The molecular weight excluding hydrogens is 176 g/mol. The number of phenolic OH excluding ortho intramolecular Hbond substituents is 1. The van der Waals surface area contributed by atoms with Gasteiger partial charge in [-0.15, -0.1) is 0 Å². The van der Waals surface area contributed by atoms with Crippen LogP contribution >= 0.6 is 0 Å². The SMILES string of the molecule is CC(CN)c1cc(F)c(F)cc1O. The van der Waals surface area contributed by atoms with Crippen LogP contribution in [0.3, 0.4) is 0 Å². The summed E-state index contributed by atoms with van der Waals surface area (Å²) in [6.07, 6.45) is 0. The lowest BCUT2D eigenvalue weighted by molar-refractivity contribution is 0.443. The van der Waals surface area contributed by atoms with Crippen molar-refractivity contribution in [2.75, 3.05) is 6.54 Å². The van der Waals surface area contributed by atoms with Crippen LogP contribution in [0.2, 0.25) is 0 Å².